The highest BCUT2D eigenvalue weighted by Gasteiger charge is 2.26. The Hall–Kier alpha value is -1.46. The fourth-order valence-corrected chi connectivity index (χ4v) is 2.19. The van der Waals surface area contributed by atoms with Crippen LogP contribution in [0.4, 0.5) is 0 Å². The van der Waals surface area contributed by atoms with Crippen LogP contribution in [0.3, 0.4) is 0 Å². The Kier molecular flexibility index (Phi) is 8.90. The van der Waals surface area contributed by atoms with Gasteiger partial charge in [-0.15, -0.1) is 12.4 Å². The van der Waals surface area contributed by atoms with Crippen molar-refractivity contribution in [3.8, 4) is 11.5 Å². The summed E-state index contributed by atoms with van der Waals surface area (Å²) in [7, 11) is 3.21. The standard InChI is InChI=1S/C16H26N2O3.ClH/c1-5-9-16(2,17)15(19)18-10-8-12-6-7-13(20-3)14(11-12)21-4;/h6-7,11H,5,8-10,17H2,1-4H3,(H,18,19);1H. The van der Waals surface area contributed by atoms with E-state index in [0.29, 0.717) is 30.9 Å². The summed E-state index contributed by atoms with van der Waals surface area (Å²) in [5.74, 6) is 1.28. The maximum Gasteiger partial charge on any atom is 0.239 e. The predicted molar refractivity (Wildman–Crippen MR) is 91.0 cm³/mol. The third-order valence-electron chi connectivity index (χ3n) is 3.44. The summed E-state index contributed by atoms with van der Waals surface area (Å²) in [6.07, 6.45) is 2.28. The van der Waals surface area contributed by atoms with Crippen molar-refractivity contribution < 1.29 is 14.3 Å². The lowest BCUT2D eigenvalue weighted by molar-refractivity contribution is -0.126. The third-order valence-corrected chi connectivity index (χ3v) is 3.44. The summed E-state index contributed by atoms with van der Waals surface area (Å²) in [4.78, 5) is 12.0. The summed E-state index contributed by atoms with van der Waals surface area (Å²) in [5, 5.41) is 2.89. The van der Waals surface area contributed by atoms with Crippen molar-refractivity contribution >= 4 is 18.3 Å². The summed E-state index contributed by atoms with van der Waals surface area (Å²) in [5.41, 5.74) is 6.26. The lowest BCUT2D eigenvalue weighted by Crippen LogP contribution is -2.51. The van der Waals surface area contributed by atoms with E-state index in [1.54, 1.807) is 21.1 Å². The number of benzene rings is 1. The summed E-state index contributed by atoms with van der Waals surface area (Å²) in [6, 6.07) is 5.74. The molecule has 0 radical (unpaired) electrons. The van der Waals surface area contributed by atoms with Gasteiger partial charge in [0.25, 0.3) is 0 Å². The molecule has 0 aliphatic carbocycles. The van der Waals surface area contributed by atoms with Crippen molar-refractivity contribution in [1.82, 2.24) is 5.32 Å². The number of methoxy groups -OCH3 is 2. The van der Waals surface area contributed by atoms with Gasteiger partial charge in [0, 0.05) is 6.54 Å². The Labute approximate surface area is 139 Å². The molecule has 0 aliphatic rings. The minimum atomic E-state index is -0.799. The number of ether oxygens (including phenoxy) is 2. The molecule has 126 valence electrons. The van der Waals surface area contributed by atoms with Crippen LogP contribution in [-0.4, -0.2) is 32.2 Å². The van der Waals surface area contributed by atoms with E-state index >= 15 is 0 Å². The molecule has 0 saturated heterocycles. The molecule has 0 aromatic heterocycles. The second kappa shape index (κ2) is 9.54. The average molecular weight is 331 g/mol. The number of rotatable bonds is 8. The smallest absolute Gasteiger partial charge is 0.239 e. The number of nitrogens with two attached hydrogens (primary N) is 1. The van der Waals surface area contributed by atoms with Crippen molar-refractivity contribution in [1.29, 1.82) is 0 Å². The fourth-order valence-electron chi connectivity index (χ4n) is 2.19. The highest BCUT2D eigenvalue weighted by molar-refractivity contribution is 5.85. The topological polar surface area (TPSA) is 73.6 Å². The molecule has 0 bridgehead atoms. The van der Waals surface area contributed by atoms with Crippen LogP contribution >= 0.6 is 12.4 Å². The molecule has 0 aliphatic heterocycles. The zero-order chi connectivity index (χ0) is 15.9. The van der Waals surface area contributed by atoms with Gasteiger partial charge >= 0.3 is 0 Å². The second-order valence-corrected chi connectivity index (χ2v) is 5.36. The second-order valence-electron chi connectivity index (χ2n) is 5.36. The van der Waals surface area contributed by atoms with E-state index in [1.165, 1.54) is 0 Å². The molecule has 1 aromatic carbocycles. The Balaban J connectivity index is 0.00000441. The normalized spacial score (nSPS) is 12.8. The zero-order valence-electron chi connectivity index (χ0n) is 13.8. The number of carbonyl (C=O) groups excluding carboxylic acids is 1. The van der Waals surface area contributed by atoms with Gasteiger partial charge in [0.2, 0.25) is 5.91 Å². The molecule has 6 heteroatoms. The number of amides is 1. The van der Waals surface area contributed by atoms with Crippen LogP contribution in [0.25, 0.3) is 0 Å². The molecular weight excluding hydrogens is 304 g/mol. The van der Waals surface area contributed by atoms with Gasteiger partial charge in [-0.2, -0.15) is 0 Å². The summed E-state index contributed by atoms with van der Waals surface area (Å²) in [6.45, 7) is 4.33. The van der Waals surface area contributed by atoms with Gasteiger partial charge in [-0.3, -0.25) is 4.79 Å². The molecule has 1 unspecified atom stereocenters. The van der Waals surface area contributed by atoms with Gasteiger partial charge in [0.1, 0.15) is 0 Å². The Bertz CT molecular complexity index is 478. The molecule has 0 saturated carbocycles. The lowest BCUT2D eigenvalue weighted by Gasteiger charge is -2.22. The van der Waals surface area contributed by atoms with Crippen LogP contribution < -0.4 is 20.5 Å². The van der Waals surface area contributed by atoms with Gasteiger partial charge in [0.05, 0.1) is 19.8 Å². The molecule has 5 nitrogen and oxygen atoms in total. The van der Waals surface area contributed by atoms with Gasteiger partial charge in [0.15, 0.2) is 11.5 Å². The van der Waals surface area contributed by atoms with E-state index in [1.807, 2.05) is 25.1 Å². The van der Waals surface area contributed by atoms with Crippen molar-refractivity contribution in [2.75, 3.05) is 20.8 Å². The molecule has 0 spiro atoms. The van der Waals surface area contributed by atoms with E-state index in [9.17, 15) is 4.79 Å². The number of halogens is 1. The van der Waals surface area contributed by atoms with Crippen LogP contribution in [0.15, 0.2) is 18.2 Å². The SMILES string of the molecule is CCCC(C)(N)C(=O)NCCc1ccc(OC)c(OC)c1.Cl. The molecule has 0 heterocycles. The van der Waals surface area contributed by atoms with Crippen molar-refractivity contribution in [3.05, 3.63) is 23.8 Å². The van der Waals surface area contributed by atoms with Crippen LogP contribution in [0, 0.1) is 0 Å². The van der Waals surface area contributed by atoms with Gasteiger partial charge < -0.3 is 20.5 Å². The maximum atomic E-state index is 12.0. The molecule has 1 atom stereocenters. The van der Waals surface area contributed by atoms with E-state index in [4.69, 9.17) is 15.2 Å². The van der Waals surface area contributed by atoms with Crippen LogP contribution in [0.2, 0.25) is 0 Å². The quantitative estimate of drug-likeness (QED) is 0.767. The van der Waals surface area contributed by atoms with Gasteiger partial charge in [-0.1, -0.05) is 19.4 Å². The molecule has 1 rings (SSSR count). The van der Waals surface area contributed by atoms with Crippen molar-refractivity contribution in [2.24, 2.45) is 5.73 Å². The Morgan fingerprint density at radius 1 is 1.27 bits per heavy atom. The first kappa shape index (κ1) is 20.5. The van der Waals surface area contributed by atoms with Gasteiger partial charge in [-0.25, -0.2) is 0 Å². The maximum absolute atomic E-state index is 12.0. The molecule has 1 amide bonds. The van der Waals surface area contributed by atoms with Crippen molar-refractivity contribution in [3.63, 3.8) is 0 Å². The molecular formula is C16H27ClN2O3. The first-order valence-electron chi connectivity index (χ1n) is 7.22. The molecule has 22 heavy (non-hydrogen) atoms. The third kappa shape index (κ3) is 5.73. The molecule has 1 aromatic rings. The van der Waals surface area contributed by atoms with Crippen LogP contribution in [-0.2, 0) is 11.2 Å². The summed E-state index contributed by atoms with van der Waals surface area (Å²) >= 11 is 0. The number of nitrogens with one attached hydrogen (secondary N) is 1. The van der Waals surface area contributed by atoms with E-state index < -0.39 is 5.54 Å². The Morgan fingerprint density at radius 3 is 2.45 bits per heavy atom. The van der Waals surface area contributed by atoms with Gasteiger partial charge in [-0.05, 0) is 37.5 Å². The van der Waals surface area contributed by atoms with Crippen LogP contribution in [0.1, 0.15) is 32.3 Å². The van der Waals surface area contributed by atoms with E-state index in [-0.39, 0.29) is 18.3 Å². The molecule has 0 fully saturated rings. The highest BCUT2D eigenvalue weighted by Crippen LogP contribution is 2.27. The highest BCUT2D eigenvalue weighted by atomic mass is 35.5. The summed E-state index contributed by atoms with van der Waals surface area (Å²) < 4.78 is 10.5. The first-order valence-corrected chi connectivity index (χ1v) is 7.22. The number of hydrogen-bond donors (Lipinski definition) is 2. The monoisotopic (exact) mass is 330 g/mol. The minimum Gasteiger partial charge on any atom is -0.493 e. The number of carbonyl (C=O) groups is 1. The first-order chi connectivity index (χ1) is 9.94. The Morgan fingerprint density at radius 2 is 1.91 bits per heavy atom. The van der Waals surface area contributed by atoms with Crippen molar-refractivity contribution in [2.45, 2.75) is 38.6 Å². The number of hydrogen-bond acceptors (Lipinski definition) is 4. The predicted octanol–water partition coefficient (Wildman–Crippen LogP) is 2.30. The zero-order valence-corrected chi connectivity index (χ0v) is 14.6. The fraction of sp³-hybridized carbons (Fsp3) is 0.562. The van der Waals surface area contributed by atoms with E-state index in [0.717, 1.165) is 12.0 Å². The average Bonchev–Trinajstić information content (AvgIpc) is 2.46. The lowest BCUT2D eigenvalue weighted by atomic mass is 9.96. The largest absolute Gasteiger partial charge is 0.493 e. The molecule has 3 N–H and O–H groups in total. The minimum absolute atomic E-state index is 0. The van der Waals surface area contributed by atoms with Crippen LogP contribution in [0.5, 0.6) is 11.5 Å². The van der Waals surface area contributed by atoms with E-state index in [2.05, 4.69) is 5.32 Å².